The first-order chi connectivity index (χ1) is 17.9. The Kier molecular flexibility index (Phi) is 8.69. The second-order valence-electron chi connectivity index (χ2n) is 10.1. The Hall–Kier alpha value is -3.13. The molecule has 1 aliphatic heterocycles. The number of carbonyl (C=O) groups is 1. The maximum atomic E-state index is 12.9. The minimum absolute atomic E-state index is 0.0441. The van der Waals surface area contributed by atoms with Gasteiger partial charge in [0.25, 0.3) is 6.54 Å². The Balaban J connectivity index is 1.65. The van der Waals surface area contributed by atoms with Crippen molar-refractivity contribution in [3.8, 4) is 11.5 Å². The number of ether oxygens (including phenoxy) is 4. The summed E-state index contributed by atoms with van der Waals surface area (Å²) in [6.45, 7) is 3.42. The second kappa shape index (κ2) is 11.9. The molecule has 0 N–H and O–H groups in total. The maximum absolute atomic E-state index is 12.9. The Morgan fingerprint density at radius 2 is 1.78 bits per heavy atom. The lowest BCUT2D eigenvalue weighted by molar-refractivity contribution is -0.846. The number of nitrogens with zero attached hydrogens (tertiary/aromatic N) is 1. The van der Waals surface area contributed by atoms with Crippen molar-refractivity contribution < 1.29 is 33.5 Å². The van der Waals surface area contributed by atoms with Gasteiger partial charge in [-0.25, -0.2) is 0 Å². The normalized spacial score (nSPS) is 27.7. The van der Waals surface area contributed by atoms with E-state index < -0.39 is 23.8 Å². The molecule has 5 atom stereocenters. The Morgan fingerprint density at radius 1 is 1.05 bits per heavy atom. The first-order valence-corrected chi connectivity index (χ1v) is 13.1. The Morgan fingerprint density at radius 3 is 2.46 bits per heavy atom. The van der Waals surface area contributed by atoms with Gasteiger partial charge in [-0.1, -0.05) is 56.2 Å². The topological polar surface area (TPSA) is 83.3 Å². The number of hydrogen-bond donors (Lipinski definition) is 0. The number of hydrogen-bond acceptors (Lipinski definition) is 7. The lowest BCUT2D eigenvalue weighted by Gasteiger charge is -2.42. The van der Waals surface area contributed by atoms with Crippen LogP contribution < -0.4 is 9.47 Å². The van der Waals surface area contributed by atoms with Gasteiger partial charge in [0.05, 0.1) is 30.6 Å². The van der Waals surface area contributed by atoms with Gasteiger partial charge in [-0.2, -0.15) is 4.84 Å². The molecule has 2 aromatic rings. The third kappa shape index (κ3) is 6.06. The van der Waals surface area contributed by atoms with E-state index in [2.05, 4.69) is 12.1 Å². The van der Waals surface area contributed by atoms with Crippen LogP contribution in [-0.2, 0) is 25.5 Å². The Labute approximate surface area is 218 Å². The molecule has 8 nitrogen and oxygen atoms in total. The number of benzene rings is 2. The standard InChI is InChI=1S/C29H38NO7/c1-5-29(18-21-15-16-25(33-3)26(17-21)34-4)19-30(32)37-28(27(29)35-20(2)31)36-24-14-10-9-13-23(24)22-11-7-6-8-12-22/h6-8,11-12,15-17,23-24,27-28H,5,9-10,13-14,18-19H2,1-4H3/q+1. The van der Waals surface area contributed by atoms with Crippen LogP contribution in [0.25, 0.3) is 0 Å². The van der Waals surface area contributed by atoms with Gasteiger partial charge in [-0.3, -0.25) is 4.79 Å². The maximum Gasteiger partial charge on any atom is 0.313 e. The molecule has 5 unspecified atom stereocenters. The van der Waals surface area contributed by atoms with E-state index in [0.717, 1.165) is 31.2 Å². The van der Waals surface area contributed by atoms with Crippen molar-refractivity contribution in [2.75, 3.05) is 20.8 Å². The van der Waals surface area contributed by atoms with Crippen molar-refractivity contribution in [2.45, 2.75) is 76.8 Å². The van der Waals surface area contributed by atoms with Gasteiger partial charge < -0.3 is 18.9 Å². The van der Waals surface area contributed by atoms with E-state index in [9.17, 15) is 9.70 Å². The van der Waals surface area contributed by atoms with Crippen LogP contribution in [0.4, 0.5) is 0 Å². The van der Waals surface area contributed by atoms with Gasteiger partial charge in [0.1, 0.15) is 0 Å². The van der Waals surface area contributed by atoms with Gasteiger partial charge in [0, 0.05) is 12.8 Å². The van der Waals surface area contributed by atoms with E-state index in [1.807, 2.05) is 43.3 Å². The SMILES string of the molecule is CCC1(Cc2ccc(OC)c(OC)c2)C[N+](=O)OC(OC2CCCCC2c2ccccc2)C1OC(C)=O. The smallest absolute Gasteiger partial charge is 0.313 e. The number of methoxy groups -OCH3 is 2. The van der Waals surface area contributed by atoms with Gasteiger partial charge in [-0.05, 0) is 48.9 Å². The summed E-state index contributed by atoms with van der Waals surface area (Å²) in [5, 5.41) is 0. The van der Waals surface area contributed by atoms with Crippen molar-refractivity contribution in [3.05, 3.63) is 64.6 Å². The summed E-state index contributed by atoms with van der Waals surface area (Å²) in [6.07, 6.45) is 3.11. The summed E-state index contributed by atoms with van der Waals surface area (Å²) in [6, 6.07) is 16.0. The van der Waals surface area contributed by atoms with E-state index in [1.54, 1.807) is 14.2 Å². The van der Waals surface area contributed by atoms with Gasteiger partial charge in [-0.15, -0.1) is 0 Å². The summed E-state index contributed by atoms with van der Waals surface area (Å²) in [5.74, 6) is 0.966. The minimum atomic E-state index is -1.01. The van der Waals surface area contributed by atoms with Crippen LogP contribution in [0.1, 0.15) is 63.0 Å². The second-order valence-corrected chi connectivity index (χ2v) is 10.1. The molecule has 200 valence electrons. The summed E-state index contributed by atoms with van der Waals surface area (Å²) < 4.78 is 23.3. The first kappa shape index (κ1) is 26.9. The highest BCUT2D eigenvalue weighted by Gasteiger charge is 2.58. The molecular weight excluding hydrogens is 474 g/mol. The fourth-order valence-electron chi connectivity index (χ4n) is 5.80. The molecule has 4 rings (SSSR count). The molecule has 2 aliphatic rings. The number of esters is 1. The third-order valence-corrected chi connectivity index (χ3v) is 7.76. The fourth-order valence-corrected chi connectivity index (χ4v) is 5.80. The molecule has 1 aliphatic carbocycles. The van der Waals surface area contributed by atoms with Crippen LogP contribution in [0.2, 0.25) is 0 Å². The Bertz CT molecular complexity index is 1080. The van der Waals surface area contributed by atoms with Crippen LogP contribution in [0, 0.1) is 10.3 Å². The van der Waals surface area contributed by atoms with E-state index in [1.165, 1.54) is 12.5 Å². The lowest BCUT2D eigenvalue weighted by Crippen LogP contribution is -2.59. The molecule has 1 saturated heterocycles. The molecule has 8 heteroatoms. The minimum Gasteiger partial charge on any atom is -0.493 e. The van der Waals surface area contributed by atoms with Gasteiger partial charge >= 0.3 is 12.3 Å². The van der Waals surface area contributed by atoms with Crippen molar-refractivity contribution in [2.24, 2.45) is 5.41 Å². The molecule has 0 radical (unpaired) electrons. The molecule has 0 bridgehead atoms. The molecule has 1 heterocycles. The number of rotatable bonds is 9. The summed E-state index contributed by atoms with van der Waals surface area (Å²) in [5.41, 5.74) is 1.41. The molecule has 0 aromatic heterocycles. The predicted octanol–water partition coefficient (Wildman–Crippen LogP) is 5.37. The zero-order chi connectivity index (χ0) is 26.4. The quantitative estimate of drug-likeness (QED) is 0.418. The summed E-state index contributed by atoms with van der Waals surface area (Å²) in [7, 11) is 3.18. The highest BCUT2D eigenvalue weighted by molar-refractivity contribution is 5.66. The van der Waals surface area contributed by atoms with Gasteiger partial charge in [0.15, 0.2) is 17.6 Å². The highest BCUT2D eigenvalue weighted by atomic mass is 16.8. The number of carbonyl (C=O) groups excluding carboxylic acids is 1. The molecule has 2 aromatic carbocycles. The first-order valence-electron chi connectivity index (χ1n) is 13.1. The zero-order valence-corrected chi connectivity index (χ0v) is 22.2. The molecule has 37 heavy (non-hydrogen) atoms. The van der Waals surface area contributed by atoms with E-state index >= 15 is 0 Å². The molecule has 0 amide bonds. The van der Waals surface area contributed by atoms with E-state index in [0.29, 0.717) is 29.3 Å². The van der Waals surface area contributed by atoms with Crippen molar-refractivity contribution in [3.63, 3.8) is 0 Å². The summed E-state index contributed by atoms with van der Waals surface area (Å²) >= 11 is 0. The van der Waals surface area contributed by atoms with Crippen molar-refractivity contribution in [1.82, 2.24) is 0 Å². The zero-order valence-electron chi connectivity index (χ0n) is 22.2. The van der Waals surface area contributed by atoms with Crippen LogP contribution in [0.15, 0.2) is 48.5 Å². The lowest BCUT2D eigenvalue weighted by atomic mass is 9.73. The average Bonchev–Trinajstić information content (AvgIpc) is 2.91. The molecule has 0 spiro atoms. The predicted molar refractivity (Wildman–Crippen MR) is 137 cm³/mol. The van der Waals surface area contributed by atoms with Gasteiger partial charge in [0.2, 0.25) is 4.92 Å². The average molecular weight is 513 g/mol. The van der Waals surface area contributed by atoms with Crippen LogP contribution >= 0.6 is 0 Å². The van der Waals surface area contributed by atoms with Crippen molar-refractivity contribution >= 4 is 5.97 Å². The third-order valence-electron chi connectivity index (χ3n) is 7.76. The fraction of sp³-hybridized carbons (Fsp3) is 0.552. The largest absolute Gasteiger partial charge is 0.493 e. The van der Waals surface area contributed by atoms with E-state index in [4.69, 9.17) is 23.8 Å². The van der Waals surface area contributed by atoms with Crippen molar-refractivity contribution in [1.29, 1.82) is 0 Å². The molecular formula is C29H38NO7+. The molecule has 1 saturated carbocycles. The van der Waals surface area contributed by atoms with Crippen LogP contribution in [-0.4, -0.2) is 50.2 Å². The molecule has 2 fully saturated rings. The monoisotopic (exact) mass is 512 g/mol. The highest BCUT2D eigenvalue weighted by Crippen LogP contribution is 2.43. The van der Waals surface area contributed by atoms with E-state index in [-0.39, 0.29) is 18.6 Å². The summed E-state index contributed by atoms with van der Waals surface area (Å²) in [4.78, 5) is 31.5. The van der Waals surface area contributed by atoms with Crippen LogP contribution in [0.3, 0.4) is 0 Å². The van der Waals surface area contributed by atoms with Crippen LogP contribution in [0.5, 0.6) is 11.5 Å².